The first kappa shape index (κ1) is 20.8. The Balaban J connectivity index is 2.32. The zero-order chi connectivity index (χ0) is 18.9. The van der Waals surface area contributed by atoms with E-state index in [1.807, 2.05) is 35.4 Å². The van der Waals surface area contributed by atoms with Crippen LogP contribution in [-0.2, 0) is 15.0 Å². The molecule has 1 fully saturated rings. The molecular weight excluding hydrogens is 406 g/mol. The van der Waals surface area contributed by atoms with E-state index in [1.165, 1.54) is 0 Å². The summed E-state index contributed by atoms with van der Waals surface area (Å²) in [6.45, 7) is 8.69. The fourth-order valence-corrected chi connectivity index (χ4v) is 4.10. The third kappa shape index (κ3) is 5.24. The Morgan fingerprint density at radius 2 is 1.72 bits per heavy atom. The minimum atomic E-state index is -3.85. The molecule has 25 heavy (non-hydrogen) atoms. The van der Waals surface area contributed by atoms with Crippen molar-refractivity contribution in [1.29, 1.82) is 0 Å². The number of hydrogen-bond donors (Lipinski definition) is 1. The molecule has 0 aliphatic carbocycles. The van der Waals surface area contributed by atoms with Gasteiger partial charge in [-0.1, -0.05) is 30.3 Å². The molecule has 0 spiro atoms. The molecule has 8 heteroatoms. The van der Waals surface area contributed by atoms with Gasteiger partial charge in [0.15, 0.2) is 0 Å². The van der Waals surface area contributed by atoms with E-state index < -0.39 is 16.3 Å². The number of nitrogens with two attached hydrogens (primary N) is 1. The van der Waals surface area contributed by atoms with Crippen LogP contribution >= 0.6 is 16.1 Å². The van der Waals surface area contributed by atoms with Gasteiger partial charge in [-0.3, -0.25) is 4.84 Å². The first-order chi connectivity index (χ1) is 11.4. The molecule has 0 bridgehead atoms. The van der Waals surface area contributed by atoms with Crippen LogP contribution in [0.2, 0.25) is 0 Å². The summed E-state index contributed by atoms with van der Waals surface area (Å²) in [5.74, 6) is 0. The third-order valence-electron chi connectivity index (χ3n) is 4.67. The zero-order valence-corrected chi connectivity index (χ0v) is 17.7. The summed E-state index contributed by atoms with van der Waals surface area (Å²) in [5.41, 5.74) is 0.605. The van der Waals surface area contributed by atoms with Crippen molar-refractivity contribution >= 4 is 26.4 Å². The molecule has 2 N–H and O–H groups in total. The maximum absolute atomic E-state index is 11.6. The van der Waals surface area contributed by atoms with E-state index in [-0.39, 0.29) is 17.6 Å². The minimum Gasteiger partial charge on any atom is -0.288 e. The molecule has 0 amide bonds. The average Bonchev–Trinajstić information content (AvgIpc) is 2.49. The van der Waals surface area contributed by atoms with E-state index in [0.29, 0.717) is 0 Å². The second-order valence-electron chi connectivity index (χ2n) is 7.79. The summed E-state index contributed by atoms with van der Waals surface area (Å²) in [5, 5.41) is 7.26. The van der Waals surface area contributed by atoms with Crippen molar-refractivity contribution in [3.8, 4) is 0 Å². The highest BCUT2D eigenvalue weighted by Crippen LogP contribution is 2.40. The SMILES string of the molecule is CC1(C)CCCC(C)(C)N1OC(CN(Br)S(N)(=O)=O)c1ccccc1. The van der Waals surface area contributed by atoms with Crippen LogP contribution in [0.5, 0.6) is 0 Å². The number of piperidine rings is 1. The van der Waals surface area contributed by atoms with Crippen LogP contribution < -0.4 is 5.14 Å². The summed E-state index contributed by atoms with van der Waals surface area (Å²) < 4.78 is 24.2. The van der Waals surface area contributed by atoms with Crippen molar-refractivity contribution in [2.24, 2.45) is 5.14 Å². The number of nitrogens with zero attached hydrogens (tertiary/aromatic N) is 2. The molecule has 1 aliphatic heterocycles. The van der Waals surface area contributed by atoms with Crippen molar-refractivity contribution in [2.75, 3.05) is 6.54 Å². The quantitative estimate of drug-likeness (QED) is 0.696. The standard InChI is InChI=1S/C17H28BrN3O3S/c1-16(2)11-8-12-17(3,4)21(16)24-15(13-20(18)25(19,22)23)14-9-6-5-7-10-14/h5-7,9-10,15H,8,11-13H2,1-4H3,(H2,19,22,23). The van der Waals surface area contributed by atoms with Crippen LogP contribution in [0.1, 0.15) is 58.6 Å². The Morgan fingerprint density at radius 3 is 2.20 bits per heavy atom. The molecule has 2 rings (SSSR count). The lowest BCUT2D eigenvalue weighted by Gasteiger charge is -2.52. The summed E-state index contributed by atoms with van der Waals surface area (Å²) in [4.78, 5) is 6.42. The van der Waals surface area contributed by atoms with Crippen molar-refractivity contribution < 1.29 is 13.3 Å². The number of halogens is 1. The van der Waals surface area contributed by atoms with E-state index in [4.69, 9.17) is 9.98 Å². The second kappa shape index (κ2) is 7.62. The van der Waals surface area contributed by atoms with Gasteiger partial charge < -0.3 is 0 Å². The summed E-state index contributed by atoms with van der Waals surface area (Å²) in [7, 11) is -3.85. The van der Waals surface area contributed by atoms with Gasteiger partial charge in [-0.05, 0) is 52.5 Å². The molecule has 0 saturated carbocycles. The third-order valence-corrected chi connectivity index (χ3v) is 6.87. The molecule has 0 radical (unpaired) electrons. The van der Waals surface area contributed by atoms with Gasteiger partial charge in [0, 0.05) is 27.2 Å². The summed E-state index contributed by atoms with van der Waals surface area (Å²) in [6, 6.07) is 9.60. The van der Waals surface area contributed by atoms with Crippen molar-refractivity contribution in [1.82, 2.24) is 8.39 Å². The second-order valence-corrected chi connectivity index (χ2v) is 10.6. The monoisotopic (exact) mass is 433 g/mol. The average molecular weight is 434 g/mol. The van der Waals surface area contributed by atoms with E-state index in [2.05, 4.69) is 43.8 Å². The molecular formula is C17H28BrN3O3S. The highest BCUT2D eigenvalue weighted by molar-refractivity contribution is 9.08. The van der Waals surface area contributed by atoms with Crippen LogP contribution in [0.25, 0.3) is 0 Å². The molecule has 1 unspecified atom stereocenters. The van der Waals surface area contributed by atoms with E-state index in [1.54, 1.807) is 0 Å². The van der Waals surface area contributed by atoms with E-state index in [9.17, 15) is 8.42 Å². The summed E-state index contributed by atoms with van der Waals surface area (Å²) in [6.07, 6.45) is 2.70. The van der Waals surface area contributed by atoms with Gasteiger partial charge in [0.1, 0.15) is 6.10 Å². The normalized spacial score (nSPS) is 22.0. The van der Waals surface area contributed by atoms with Crippen LogP contribution in [0.3, 0.4) is 0 Å². The molecule has 142 valence electrons. The van der Waals surface area contributed by atoms with Crippen LogP contribution in [0.4, 0.5) is 0 Å². The van der Waals surface area contributed by atoms with Gasteiger partial charge in [-0.15, -0.1) is 3.33 Å². The number of hydrogen-bond acceptors (Lipinski definition) is 4. The Bertz CT molecular complexity index is 664. The lowest BCUT2D eigenvalue weighted by Crippen LogP contribution is -2.58. The molecule has 0 aromatic heterocycles. The summed E-state index contributed by atoms with van der Waals surface area (Å²) >= 11 is 3.04. The van der Waals surface area contributed by atoms with Gasteiger partial charge in [0.05, 0.1) is 6.54 Å². The van der Waals surface area contributed by atoms with E-state index >= 15 is 0 Å². The first-order valence-corrected chi connectivity index (χ1v) is 10.6. The Kier molecular flexibility index (Phi) is 6.34. The van der Waals surface area contributed by atoms with Gasteiger partial charge in [-0.25, -0.2) is 5.14 Å². The van der Waals surface area contributed by atoms with Crippen LogP contribution in [0, 0.1) is 0 Å². The molecule has 1 aromatic carbocycles. The van der Waals surface area contributed by atoms with Gasteiger partial charge in [0.2, 0.25) is 0 Å². The molecule has 1 saturated heterocycles. The Morgan fingerprint density at radius 1 is 1.20 bits per heavy atom. The highest BCUT2D eigenvalue weighted by atomic mass is 79.9. The topological polar surface area (TPSA) is 75.9 Å². The highest BCUT2D eigenvalue weighted by Gasteiger charge is 2.44. The number of hydroxylamine groups is 2. The van der Waals surface area contributed by atoms with E-state index in [0.717, 1.165) is 28.2 Å². The van der Waals surface area contributed by atoms with Gasteiger partial charge >= 0.3 is 0 Å². The lowest BCUT2D eigenvalue weighted by molar-refractivity contribution is -0.306. The molecule has 6 nitrogen and oxygen atoms in total. The van der Waals surface area contributed by atoms with Crippen LogP contribution in [0.15, 0.2) is 30.3 Å². The first-order valence-electron chi connectivity index (χ1n) is 8.42. The van der Waals surface area contributed by atoms with Gasteiger partial charge in [0.25, 0.3) is 10.2 Å². The maximum atomic E-state index is 11.6. The Labute approximate surface area is 159 Å². The minimum absolute atomic E-state index is 0.0749. The molecule has 1 atom stereocenters. The predicted molar refractivity (Wildman–Crippen MR) is 103 cm³/mol. The predicted octanol–water partition coefficient (Wildman–Crippen LogP) is 3.52. The number of rotatable bonds is 6. The zero-order valence-electron chi connectivity index (χ0n) is 15.3. The van der Waals surface area contributed by atoms with Crippen LogP contribution in [-0.4, -0.2) is 34.4 Å². The Hall–Kier alpha value is -0.510. The van der Waals surface area contributed by atoms with Crippen molar-refractivity contribution in [3.63, 3.8) is 0 Å². The molecule has 1 heterocycles. The molecule has 1 aromatic rings. The smallest absolute Gasteiger partial charge is 0.286 e. The number of benzene rings is 1. The van der Waals surface area contributed by atoms with Gasteiger partial charge in [-0.2, -0.15) is 13.5 Å². The molecule has 1 aliphatic rings. The van der Waals surface area contributed by atoms with Crippen molar-refractivity contribution in [2.45, 2.75) is 64.1 Å². The lowest BCUT2D eigenvalue weighted by atomic mass is 9.82. The fourth-order valence-electron chi connectivity index (χ4n) is 3.49. The largest absolute Gasteiger partial charge is 0.288 e. The van der Waals surface area contributed by atoms with Crippen molar-refractivity contribution in [3.05, 3.63) is 35.9 Å². The maximum Gasteiger partial charge on any atom is 0.286 e. The fraction of sp³-hybridized carbons (Fsp3) is 0.647.